The summed E-state index contributed by atoms with van der Waals surface area (Å²) in [5.74, 6) is 0. The number of aromatic nitrogens is 1. The first-order chi connectivity index (χ1) is 18.1. The van der Waals surface area contributed by atoms with Crippen molar-refractivity contribution in [3.8, 4) is 40.6 Å². The number of thioether (sulfide) groups is 1. The largest absolute Gasteiger partial charge is 0.240 e. The van der Waals surface area contributed by atoms with E-state index in [1.54, 1.807) is 0 Å². The van der Waals surface area contributed by atoms with E-state index in [-0.39, 0.29) is 10.8 Å². The summed E-state index contributed by atoms with van der Waals surface area (Å²) in [5.41, 5.74) is 6.80. The van der Waals surface area contributed by atoms with E-state index in [2.05, 4.69) is 34.1 Å². The summed E-state index contributed by atoms with van der Waals surface area (Å²) >= 11 is 4.96. The van der Waals surface area contributed by atoms with Crippen LogP contribution in [0.15, 0.2) is 100 Å². The summed E-state index contributed by atoms with van der Waals surface area (Å²) in [7, 11) is 0. The van der Waals surface area contributed by atoms with Crippen LogP contribution in [0.2, 0.25) is 0 Å². The number of benzene rings is 3. The van der Waals surface area contributed by atoms with Gasteiger partial charge in [-0.15, -0.1) is 0 Å². The molecule has 0 N–H and O–H groups in total. The summed E-state index contributed by atoms with van der Waals surface area (Å²) in [5, 5.41) is 30.3. The number of pyridine rings is 1. The average molecular weight is 559 g/mol. The molecule has 0 amide bonds. The Kier molecular flexibility index (Phi) is 7.20. The molecule has 0 fully saturated rings. The summed E-state index contributed by atoms with van der Waals surface area (Å²) in [6, 6.07) is 34.2. The van der Waals surface area contributed by atoms with Gasteiger partial charge in [0.2, 0.25) is 0 Å². The lowest BCUT2D eigenvalue weighted by Crippen LogP contribution is -2.17. The number of halogens is 1. The summed E-state index contributed by atoms with van der Waals surface area (Å²) in [6.45, 7) is 0. The van der Waals surface area contributed by atoms with Crippen LogP contribution in [0.5, 0.6) is 0 Å². The lowest BCUT2D eigenvalue weighted by Gasteiger charge is -2.28. The highest BCUT2D eigenvalue weighted by molar-refractivity contribution is 9.10. The number of aryl methyl sites for hydroxylation is 1. The van der Waals surface area contributed by atoms with Crippen molar-refractivity contribution >= 4 is 33.3 Å². The lowest BCUT2D eigenvalue weighted by atomic mass is 9.85. The van der Waals surface area contributed by atoms with Gasteiger partial charge in [0.25, 0.3) is 0 Å². The van der Waals surface area contributed by atoms with E-state index >= 15 is 0 Å². The van der Waals surface area contributed by atoms with Gasteiger partial charge in [0.15, 0.2) is 0 Å². The molecule has 37 heavy (non-hydrogen) atoms. The van der Waals surface area contributed by atoms with Crippen molar-refractivity contribution < 1.29 is 0 Å². The highest BCUT2D eigenvalue weighted by Crippen LogP contribution is 2.44. The van der Waals surface area contributed by atoms with Crippen molar-refractivity contribution in [1.29, 1.82) is 15.8 Å². The normalized spacial score (nSPS) is 14.1. The van der Waals surface area contributed by atoms with E-state index in [4.69, 9.17) is 4.98 Å². The number of rotatable bonds is 4. The minimum absolute atomic E-state index is 0.107. The summed E-state index contributed by atoms with van der Waals surface area (Å²) in [6.07, 6.45) is 1.56. The standard InChI is InChI=1S/C31H19BrN4S/c32-24-13-10-22(11-14-24)28-16-26(20-6-2-1-3-7-20)27(19-35)31(36-28)37-29-15-12-21-8-4-5-9-25(21)30(29)23(17-33)18-34/h1-11,13-14,16,29H,12,15H2. The molecule has 0 spiro atoms. The van der Waals surface area contributed by atoms with Crippen LogP contribution in [-0.4, -0.2) is 10.2 Å². The second kappa shape index (κ2) is 10.9. The quantitative estimate of drug-likeness (QED) is 0.237. The molecule has 0 bridgehead atoms. The van der Waals surface area contributed by atoms with Crippen LogP contribution < -0.4 is 0 Å². The minimum Gasteiger partial charge on any atom is -0.240 e. The molecule has 1 aliphatic carbocycles. The third-order valence-electron chi connectivity index (χ3n) is 6.38. The van der Waals surface area contributed by atoms with Gasteiger partial charge in [-0.1, -0.05) is 94.4 Å². The van der Waals surface area contributed by atoms with Crippen LogP contribution in [0.3, 0.4) is 0 Å². The van der Waals surface area contributed by atoms with Gasteiger partial charge in [0.05, 0.1) is 11.3 Å². The topological polar surface area (TPSA) is 84.3 Å². The van der Waals surface area contributed by atoms with Crippen LogP contribution in [0.1, 0.15) is 23.1 Å². The molecular weight excluding hydrogens is 540 g/mol. The molecule has 4 aromatic rings. The van der Waals surface area contributed by atoms with Crippen LogP contribution in [0.25, 0.3) is 28.0 Å². The second-order valence-corrected chi connectivity index (χ2v) is 10.6. The van der Waals surface area contributed by atoms with Gasteiger partial charge in [-0.2, -0.15) is 15.8 Å². The van der Waals surface area contributed by atoms with Crippen molar-refractivity contribution in [2.45, 2.75) is 23.1 Å². The van der Waals surface area contributed by atoms with E-state index in [0.29, 0.717) is 10.6 Å². The Bertz CT molecular complexity index is 1620. The molecule has 0 saturated heterocycles. The molecule has 1 heterocycles. The first-order valence-electron chi connectivity index (χ1n) is 11.7. The van der Waals surface area contributed by atoms with E-state index in [9.17, 15) is 15.8 Å². The van der Waals surface area contributed by atoms with Gasteiger partial charge < -0.3 is 0 Å². The van der Waals surface area contributed by atoms with E-state index in [0.717, 1.165) is 56.4 Å². The Morgan fingerprint density at radius 2 is 1.54 bits per heavy atom. The zero-order chi connectivity index (χ0) is 25.8. The van der Waals surface area contributed by atoms with Crippen molar-refractivity contribution in [2.75, 3.05) is 0 Å². The fourth-order valence-electron chi connectivity index (χ4n) is 4.63. The zero-order valence-corrected chi connectivity index (χ0v) is 22.1. The van der Waals surface area contributed by atoms with Crippen LogP contribution >= 0.6 is 27.7 Å². The predicted octanol–water partition coefficient (Wildman–Crippen LogP) is 7.96. The number of allylic oxidation sites excluding steroid dienone is 1. The number of nitriles is 3. The third kappa shape index (κ3) is 4.93. The van der Waals surface area contributed by atoms with Crippen LogP contribution in [0.4, 0.5) is 0 Å². The van der Waals surface area contributed by atoms with E-state index in [1.807, 2.05) is 84.9 Å². The van der Waals surface area contributed by atoms with Gasteiger partial charge >= 0.3 is 0 Å². The maximum Gasteiger partial charge on any atom is 0.134 e. The fourth-order valence-corrected chi connectivity index (χ4v) is 6.18. The highest BCUT2D eigenvalue weighted by Gasteiger charge is 2.30. The van der Waals surface area contributed by atoms with E-state index in [1.165, 1.54) is 11.8 Å². The summed E-state index contributed by atoms with van der Waals surface area (Å²) < 4.78 is 0.971. The molecule has 4 nitrogen and oxygen atoms in total. The molecule has 6 heteroatoms. The van der Waals surface area contributed by atoms with Gasteiger partial charge in [-0.3, -0.25) is 0 Å². The van der Waals surface area contributed by atoms with Crippen LogP contribution in [0, 0.1) is 34.0 Å². The van der Waals surface area contributed by atoms with Gasteiger partial charge in [-0.05, 0) is 47.7 Å². The molecule has 3 aromatic carbocycles. The molecule has 1 atom stereocenters. The highest BCUT2D eigenvalue weighted by atomic mass is 79.9. The van der Waals surface area contributed by atoms with Gasteiger partial charge in [0.1, 0.15) is 28.8 Å². The molecule has 0 aliphatic heterocycles. The summed E-state index contributed by atoms with van der Waals surface area (Å²) in [4.78, 5) is 4.96. The van der Waals surface area contributed by atoms with Gasteiger partial charge in [-0.25, -0.2) is 4.98 Å². The minimum atomic E-state index is -0.187. The molecule has 0 radical (unpaired) electrons. The first kappa shape index (κ1) is 24.5. The lowest BCUT2D eigenvalue weighted by molar-refractivity contribution is 0.831. The molecule has 5 rings (SSSR count). The molecule has 1 aliphatic rings. The van der Waals surface area contributed by atoms with Crippen molar-refractivity contribution in [1.82, 2.24) is 4.98 Å². The Morgan fingerprint density at radius 1 is 0.838 bits per heavy atom. The van der Waals surface area contributed by atoms with Gasteiger partial charge in [0, 0.05) is 26.4 Å². The maximum absolute atomic E-state index is 10.3. The monoisotopic (exact) mass is 558 g/mol. The SMILES string of the molecule is N#CC(C#N)=C1c2ccccc2CCC1Sc1nc(-c2ccc(Br)cc2)cc(-c2ccccc2)c1C#N. The predicted molar refractivity (Wildman–Crippen MR) is 150 cm³/mol. The third-order valence-corrected chi connectivity index (χ3v) is 8.18. The number of nitrogens with zero attached hydrogens (tertiary/aromatic N) is 4. The number of hydrogen-bond donors (Lipinski definition) is 0. The molecule has 1 unspecified atom stereocenters. The fraction of sp³-hybridized carbons (Fsp3) is 0.0968. The maximum atomic E-state index is 10.3. The number of fused-ring (bicyclic) bond motifs is 1. The second-order valence-electron chi connectivity index (χ2n) is 8.53. The van der Waals surface area contributed by atoms with Crippen molar-refractivity contribution in [3.05, 3.63) is 112 Å². The van der Waals surface area contributed by atoms with E-state index < -0.39 is 0 Å². The Balaban J connectivity index is 1.69. The molecule has 1 aromatic heterocycles. The molecule has 176 valence electrons. The Hall–Kier alpha value is -4.15. The zero-order valence-electron chi connectivity index (χ0n) is 19.6. The Labute approximate surface area is 228 Å². The van der Waals surface area contributed by atoms with Crippen LogP contribution in [-0.2, 0) is 6.42 Å². The number of hydrogen-bond acceptors (Lipinski definition) is 5. The molecular formula is C31H19BrN4S. The van der Waals surface area contributed by atoms with Crippen molar-refractivity contribution in [2.24, 2.45) is 0 Å². The Morgan fingerprint density at radius 3 is 2.24 bits per heavy atom. The first-order valence-corrected chi connectivity index (χ1v) is 13.4. The van der Waals surface area contributed by atoms with Crippen molar-refractivity contribution in [3.63, 3.8) is 0 Å². The average Bonchev–Trinajstić information content (AvgIpc) is 2.95. The molecule has 0 saturated carbocycles. The smallest absolute Gasteiger partial charge is 0.134 e.